The summed E-state index contributed by atoms with van der Waals surface area (Å²) in [4.78, 5) is 26.1. The van der Waals surface area contributed by atoms with Crippen molar-refractivity contribution in [2.75, 3.05) is 18.1 Å². The second-order valence-corrected chi connectivity index (χ2v) is 5.88. The molecule has 0 aliphatic rings. The first-order chi connectivity index (χ1) is 11.9. The first-order valence-electron chi connectivity index (χ1n) is 7.96. The molecule has 6 heteroatoms. The maximum absolute atomic E-state index is 12.6. The van der Waals surface area contributed by atoms with Crippen molar-refractivity contribution in [2.24, 2.45) is 7.05 Å². The molecule has 0 unspecified atom stereocenters. The fourth-order valence-corrected chi connectivity index (χ4v) is 2.62. The highest BCUT2D eigenvalue weighted by atomic mass is 16.5. The zero-order valence-corrected chi connectivity index (χ0v) is 14.7. The lowest BCUT2D eigenvalue weighted by Crippen LogP contribution is -2.35. The Bertz CT molecular complexity index is 797. The fourth-order valence-electron chi connectivity index (χ4n) is 2.62. The molecule has 0 aliphatic heterocycles. The second kappa shape index (κ2) is 8.15. The van der Waals surface area contributed by atoms with Gasteiger partial charge in [0, 0.05) is 25.5 Å². The van der Waals surface area contributed by atoms with E-state index in [-0.39, 0.29) is 25.5 Å². The quantitative estimate of drug-likeness (QED) is 0.758. The predicted molar refractivity (Wildman–Crippen MR) is 94.2 cm³/mol. The molecule has 0 radical (unpaired) electrons. The van der Waals surface area contributed by atoms with Crippen molar-refractivity contribution in [3.63, 3.8) is 0 Å². The Kier molecular flexibility index (Phi) is 5.96. The number of nitriles is 1. The van der Waals surface area contributed by atoms with Crippen LogP contribution in [0, 0.1) is 25.2 Å². The second-order valence-electron chi connectivity index (χ2n) is 5.88. The highest BCUT2D eigenvalue weighted by Gasteiger charge is 2.19. The smallest absolute Gasteiger partial charge is 0.355 e. The van der Waals surface area contributed by atoms with Crippen LogP contribution in [0.15, 0.2) is 36.5 Å². The molecule has 6 nitrogen and oxygen atoms in total. The zero-order chi connectivity index (χ0) is 18.4. The van der Waals surface area contributed by atoms with Gasteiger partial charge in [0.25, 0.3) is 5.91 Å². The van der Waals surface area contributed by atoms with E-state index in [9.17, 15) is 9.59 Å². The Labute approximate surface area is 147 Å². The minimum absolute atomic E-state index is 0.199. The Balaban J connectivity index is 2.12. The fraction of sp³-hybridized carbons (Fsp3) is 0.316. The van der Waals surface area contributed by atoms with E-state index in [4.69, 9.17) is 10.00 Å². The molecule has 0 spiro atoms. The molecule has 130 valence electrons. The van der Waals surface area contributed by atoms with Crippen molar-refractivity contribution < 1.29 is 14.3 Å². The maximum Gasteiger partial charge on any atom is 0.355 e. The summed E-state index contributed by atoms with van der Waals surface area (Å²) in [6, 6.07) is 11.2. The zero-order valence-electron chi connectivity index (χ0n) is 14.7. The molecule has 0 atom stereocenters. The molecule has 0 aliphatic carbocycles. The Morgan fingerprint density at radius 3 is 2.48 bits per heavy atom. The summed E-state index contributed by atoms with van der Waals surface area (Å²) in [7, 11) is 1.73. The van der Waals surface area contributed by atoms with E-state index in [1.807, 2.05) is 38.1 Å². The number of hydrogen-bond donors (Lipinski definition) is 0. The largest absolute Gasteiger partial charge is 0.451 e. The summed E-state index contributed by atoms with van der Waals surface area (Å²) in [6.07, 6.45) is 1.93. The SMILES string of the molecule is Cc1cc(C)cc(N(CCC#N)C(=O)COC(=O)c2cccn2C)c1. The molecular formula is C19H21N3O3. The lowest BCUT2D eigenvalue weighted by Gasteiger charge is -2.22. The van der Waals surface area contributed by atoms with Crippen LogP contribution in [0.2, 0.25) is 0 Å². The number of hydrogen-bond acceptors (Lipinski definition) is 4. The van der Waals surface area contributed by atoms with E-state index >= 15 is 0 Å². The number of carbonyl (C=O) groups is 2. The van der Waals surface area contributed by atoms with E-state index in [1.54, 1.807) is 29.9 Å². The van der Waals surface area contributed by atoms with Crippen LogP contribution >= 0.6 is 0 Å². The van der Waals surface area contributed by atoms with E-state index in [0.29, 0.717) is 11.4 Å². The third kappa shape index (κ3) is 4.70. The van der Waals surface area contributed by atoms with Gasteiger partial charge < -0.3 is 14.2 Å². The number of benzene rings is 1. The van der Waals surface area contributed by atoms with Gasteiger partial charge in [-0.25, -0.2) is 4.79 Å². The molecule has 1 aromatic carbocycles. The molecule has 2 rings (SSSR count). The average molecular weight is 339 g/mol. The molecule has 0 fully saturated rings. The van der Waals surface area contributed by atoms with Gasteiger partial charge in [-0.15, -0.1) is 0 Å². The van der Waals surface area contributed by atoms with Crippen LogP contribution in [0.3, 0.4) is 0 Å². The summed E-state index contributed by atoms with van der Waals surface area (Å²) in [5.74, 6) is -0.913. The number of aryl methyl sites for hydroxylation is 3. The Morgan fingerprint density at radius 1 is 1.24 bits per heavy atom. The molecule has 1 aromatic heterocycles. The minimum Gasteiger partial charge on any atom is -0.451 e. The molecule has 0 N–H and O–H groups in total. The normalized spacial score (nSPS) is 10.2. The van der Waals surface area contributed by atoms with Crippen LogP contribution in [-0.4, -0.2) is 29.6 Å². The number of aromatic nitrogens is 1. The van der Waals surface area contributed by atoms with Gasteiger partial charge in [-0.3, -0.25) is 4.79 Å². The van der Waals surface area contributed by atoms with Crippen molar-refractivity contribution in [3.8, 4) is 6.07 Å². The van der Waals surface area contributed by atoms with Crippen LogP contribution < -0.4 is 4.90 Å². The van der Waals surface area contributed by atoms with Gasteiger partial charge >= 0.3 is 5.97 Å². The van der Waals surface area contributed by atoms with E-state index in [2.05, 4.69) is 0 Å². The third-order valence-electron chi connectivity index (χ3n) is 3.75. The summed E-state index contributed by atoms with van der Waals surface area (Å²) >= 11 is 0. The van der Waals surface area contributed by atoms with Crippen LogP contribution in [0.5, 0.6) is 0 Å². The molecule has 2 aromatic rings. The van der Waals surface area contributed by atoms with Gasteiger partial charge in [-0.1, -0.05) is 6.07 Å². The van der Waals surface area contributed by atoms with Crippen molar-refractivity contribution >= 4 is 17.6 Å². The Hall–Kier alpha value is -3.07. The molecule has 1 amide bonds. The number of rotatable bonds is 6. The van der Waals surface area contributed by atoms with Crippen LogP contribution in [-0.2, 0) is 16.6 Å². The number of anilines is 1. The van der Waals surface area contributed by atoms with Gasteiger partial charge in [0.2, 0.25) is 0 Å². The monoisotopic (exact) mass is 339 g/mol. The van der Waals surface area contributed by atoms with E-state index in [0.717, 1.165) is 11.1 Å². The van der Waals surface area contributed by atoms with Crippen LogP contribution in [0.4, 0.5) is 5.69 Å². The standard InChI is InChI=1S/C19H21N3O3/c1-14-10-15(2)12-16(11-14)22(9-5-7-20)18(23)13-25-19(24)17-6-4-8-21(17)3/h4,6,8,10-12H,5,9,13H2,1-3H3. The lowest BCUT2D eigenvalue weighted by molar-refractivity contribution is -0.121. The van der Waals surface area contributed by atoms with Crippen LogP contribution in [0.25, 0.3) is 0 Å². The van der Waals surface area contributed by atoms with Crippen molar-refractivity contribution in [3.05, 3.63) is 53.3 Å². The molecular weight excluding hydrogens is 318 g/mol. The van der Waals surface area contributed by atoms with E-state index in [1.165, 1.54) is 4.90 Å². The molecule has 0 bridgehead atoms. The van der Waals surface area contributed by atoms with Gasteiger partial charge in [-0.2, -0.15) is 5.26 Å². The number of carbonyl (C=O) groups excluding carboxylic acids is 2. The highest BCUT2D eigenvalue weighted by Crippen LogP contribution is 2.19. The van der Waals surface area contributed by atoms with Gasteiger partial charge in [0.1, 0.15) is 5.69 Å². The number of ether oxygens (including phenoxy) is 1. The Morgan fingerprint density at radius 2 is 1.92 bits per heavy atom. The van der Waals surface area contributed by atoms with Crippen molar-refractivity contribution in [1.29, 1.82) is 5.26 Å². The third-order valence-corrected chi connectivity index (χ3v) is 3.75. The molecule has 0 saturated carbocycles. The summed E-state index contributed by atoms with van der Waals surface area (Å²) in [5, 5.41) is 8.85. The number of esters is 1. The lowest BCUT2D eigenvalue weighted by atomic mass is 10.1. The number of amides is 1. The molecule has 25 heavy (non-hydrogen) atoms. The van der Waals surface area contributed by atoms with E-state index < -0.39 is 5.97 Å². The molecule has 1 heterocycles. The topological polar surface area (TPSA) is 75.3 Å². The van der Waals surface area contributed by atoms with Crippen LogP contribution in [0.1, 0.15) is 28.0 Å². The average Bonchev–Trinajstić information content (AvgIpc) is 2.98. The molecule has 0 saturated heterocycles. The minimum atomic E-state index is -0.554. The first-order valence-corrected chi connectivity index (χ1v) is 7.96. The summed E-state index contributed by atoms with van der Waals surface area (Å²) < 4.78 is 6.77. The maximum atomic E-state index is 12.6. The number of nitrogens with zero attached hydrogens (tertiary/aromatic N) is 3. The van der Waals surface area contributed by atoms with Gasteiger partial charge in [-0.05, 0) is 49.2 Å². The van der Waals surface area contributed by atoms with Crippen molar-refractivity contribution in [1.82, 2.24) is 4.57 Å². The summed E-state index contributed by atoms with van der Waals surface area (Å²) in [5.41, 5.74) is 3.12. The summed E-state index contributed by atoms with van der Waals surface area (Å²) in [6.45, 7) is 3.76. The first kappa shape index (κ1) is 18.3. The predicted octanol–water partition coefficient (Wildman–Crippen LogP) is 2.75. The van der Waals surface area contributed by atoms with Gasteiger partial charge in [0.15, 0.2) is 6.61 Å². The van der Waals surface area contributed by atoms with Crippen molar-refractivity contribution in [2.45, 2.75) is 20.3 Å². The van der Waals surface area contributed by atoms with Gasteiger partial charge in [0.05, 0.1) is 12.5 Å². The highest BCUT2D eigenvalue weighted by molar-refractivity contribution is 5.96.